The first-order chi connectivity index (χ1) is 9.32. The van der Waals surface area contributed by atoms with Gasteiger partial charge in [0.05, 0.1) is 18.0 Å². The van der Waals surface area contributed by atoms with Gasteiger partial charge in [0, 0.05) is 0 Å². The zero-order valence-corrected chi connectivity index (χ0v) is 10.8. The van der Waals surface area contributed by atoms with Crippen molar-refractivity contribution in [1.82, 2.24) is 15.5 Å². The van der Waals surface area contributed by atoms with Crippen molar-refractivity contribution in [3.63, 3.8) is 0 Å². The molecule has 20 heavy (non-hydrogen) atoms. The van der Waals surface area contributed by atoms with Gasteiger partial charge in [-0.2, -0.15) is 5.10 Å². The van der Waals surface area contributed by atoms with Crippen molar-refractivity contribution in [2.75, 3.05) is 13.1 Å². The quantitative estimate of drug-likeness (QED) is 0.500. The second-order valence-corrected chi connectivity index (χ2v) is 4.15. The molecule has 0 atom stereocenters. The van der Waals surface area contributed by atoms with E-state index in [0.29, 0.717) is 12.8 Å². The molecule has 0 radical (unpaired) electrons. The average molecular weight is 291 g/mol. The summed E-state index contributed by atoms with van der Waals surface area (Å²) in [5.74, 6) is -4.31. The van der Waals surface area contributed by atoms with E-state index < -0.39 is 41.2 Å². The number of nitrogens with two attached hydrogens (primary N) is 1. The van der Waals surface area contributed by atoms with Crippen LogP contribution >= 0.6 is 0 Å². The number of aryl methyl sites for hydroxylation is 1. The number of nitrogens with zero attached hydrogens (tertiary/aromatic N) is 2. The van der Waals surface area contributed by atoms with Gasteiger partial charge in [-0.05, 0) is 6.42 Å². The summed E-state index contributed by atoms with van der Waals surface area (Å²) < 4.78 is 25.8. The van der Waals surface area contributed by atoms with Gasteiger partial charge in [0.1, 0.15) is 5.69 Å². The number of halogens is 2. The minimum absolute atomic E-state index is 0.188. The number of nitro groups is 1. The predicted molar refractivity (Wildman–Crippen MR) is 65.6 cm³/mol. The molecule has 1 aromatic rings. The minimum Gasteiger partial charge on any atom is -0.344 e. The monoisotopic (exact) mass is 291 g/mol. The first-order valence-corrected chi connectivity index (χ1v) is 5.90. The molecule has 10 heteroatoms. The zero-order chi connectivity index (χ0) is 15.3. The van der Waals surface area contributed by atoms with E-state index in [-0.39, 0.29) is 5.69 Å². The molecule has 1 heterocycles. The van der Waals surface area contributed by atoms with E-state index in [9.17, 15) is 23.7 Å². The molecule has 1 amide bonds. The Hall–Kier alpha value is -2.10. The number of aromatic amines is 1. The van der Waals surface area contributed by atoms with Crippen molar-refractivity contribution in [3.8, 4) is 0 Å². The van der Waals surface area contributed by atoms with Gasteiger partial charge in [0.2, 0.25) is 5.69 Å². The molecule has 0 aromatic carbocycles. The number of hydrogen-bond acceptors (Lipinski definition) is 5. The van der Waals surface area contributed by atoms with Crippen molar-refractivity contribution >= 4 is 11.6 Å². The number of carbonyl (C=O) groups excluding carboxylic acids is 1. The minimum atomic E-state index is -3.27. The first-order valence-electron chi connectivity index (χ1n) is 5.90. The molecule has 0 saturated heterocycles. The predicted octanol–water partition coefficient (Wildman–Crippen LogP) is 0.594. The summed E-state index contributed by atoms with van der Waals surface area (Å²) in [6.07, 6.45) is 0.935. The molecular formula is C10H15F2N5O3. The highest BCUT2D eigenvalue weighted by molar-refractivity contribution is 5.96. The van der Waals surface area contributed by atoms with E-state index in [0.717, 1.165) is 0 Å². The van der Waals surface area contributed by atoms with Crippen LogP contribution in [0.4, 0.5) is 14.5 Å². The maximum atomic E-state index is 12.9. The number of nitrogens with one attached hydrogen (secondary N) is 2. The molecule has 0 saturated carbocycles. The van der Waals surface area contributed by atoms with E-state index in [1.807, 2.05) is 5.32 Å². The molecule has 0 aliphatic rings. The summed E-state index contributed by atoms with van der Waals surface area (Å²) in [4.78, 5) is 21.9. The van der Waals surface area contributed by atoms with Crippen LogP contribution in [0.5, 0.6) is 0 Å². The number of hydrogen-bond donors (Lipinski definition) is 3. The second-order valence-electron chi connectivity index (χ2n) is 4.15. The van der Waals surface area contributed by atoms with E-state index in [2.05, 4.69) is 10.2 Å². The highest BCUT2D eigenvalue weighted by Crippen LogP contribution is 2.22. The summed E-state index contributed by atoms with van der Waals surface area (Å²) in [5, 5.41) is 18.7. The third kappa shape index (κ3) is 3.70. The number of alkyl halides is 2. The fourth-order valence-electron chi connectivity index (χ4n) is 1.52. The first kappa shape index (κ1) is 16.0. The third-order valence-corrected chi connectivity index (χ3v) is 2.52. The molecule has 1 aromatic heterocycles. The van der Waals surface area contributed by atoms with Gasteiger partial charge in [-0.25, -0.2) is 8.78 Å². The molecule has 1 rings (SSSR count). The van der Waals surface area contributed by atoms with Gasteiger partial charge < -0.3 is 11.1 Å². The summed E-state index contributed by atoms with van der Waals surface area (Å²) in [6, 6.07) is 0. The van der Waals surface area contributed by atoms with E-state index >= 15 is 0 Å². The summed E-state index contributed by atoms with van der Waals surface area (Å²) in [6.45, 7) is -0.140. The Kier molecular flexibility index (Phi) is 5.08. The highest BCUT2D eigenvalue weighted by atomic mass is 19.3. The van der Waals surface area contributed by atoms with Crippen LogP contribution in [-0.2, 0) is 6.42 Å². The molecule has 0 aliphatic heterocycles. The van der Waals surface area contributed by atoms with Crippen LogP contribution in [0.15, 0.2) is 0 Å². The molecule has 0 fully saturated rings. The number of rotatable bonds is 7. The second kappa shape index (κ2) is 6.37. The molecule has 8 nitrogen and oxygen atoms in total. The Morgan fingerprint density at radius 1 is 1.60 bits per heavy atom. The Bertz CT molecular complexity index is 503. The number of aromatic nitrogens is 2. The summed E-state index contributed by atoms with van der Waals surface area (Å²) in [5.41, 5.74) is 4.02. The van der Waals surface area contributed by atoms with Crippen molar-refractivity contribution in [2.24, 2.45) is 5.73 Å². The average Bonchev–Trinajstić information content (AvgIpc) is 2.80. The van der Waals surface area contributed by atoms with Crippen LogP contribution in [0.25, 0.3) is 0 Å². The SMILES string of the molecule is CCCc1[nH]nc(C(=O)NCC(F)(F)CN)c1[N+](=O)[O-]. The van der Waals surface area contributed by atoms with Gasteiger partial charge in [-0.15, -0.1) is 0 Å². The Balaban J connectivity index is 2.90. The lowest BCUT2D eigenvalue weighted by Gasteiger charge is -2.13. The normalized spacial score (nSPS) is 11.4. The fourth-order valence-corrected chi connectivity index (χ4v) is 1.52. The van der Waals surface area contributed by atoms with Crippen molar-refractivity contribution < 1.29 is 18.5 Å². The van der Waals surface area contributed by atoms with Gasteiger partial charge in [0.15, 0.2) is 0 Å². The van der Waals surface area contributed by atoms with Gasteiger partial charge in [-0.1, -0.05) is 13.3 Å². The molecule has 112 valence electrons. The van der Waals surface area contributed by atoms with Crippen LogP contribution in [0.2, 0.25) is 0 Å². The summed E-state index contributed by atoms with van der Waals surface area (Å²) >= 11 is 0. The van der Waals surface area contributed by atoms with Gasteiger partial charge >= 0.3 is 5.69 Å². The van der Waals surface area contributed by atoms with E-state index in [1.165, 1.54) is 0 Å². The number of H-pyrrole nitrogens is 1. The number of carbonyl (C=O) groups is 1. The lowest BCUT2D eigenvalue weighted by atomic mass is 10.2. The van der Waals surface area contributed by atoms with Crippen LogP contribution in [-0.4, -0.2) is 40.0 Å². The van der Waals surface area contributed by atoms with Crippen molar-refractivity contribution in [3.05, 3.63) is 21.5 Å². The van der Waals surface area contributed by atoms with Crippen molar-refractivity contribution in [2.45, 2.75) is 25.7 Å². The van der Waals surface area contributed by atoms with Gasteiger partial charge in [0.25, 0.3) is 11.8 Å². The van der Waals surface area contributed by atoms with Crippen LogP contribution in [0.3, 0.4) is 0 Å². The molecule has 0 spiro atoms. The molecule has 0 bridgehead atoms. The van der Waals surface area contributed by atoms with E-state index in [4.69, 9.17) is 5.73 Å². The van der Waals surface area contributed by atoms with Crippen molar-refractivity contribution in [1.29, 1.82) is 0 Å². The van der Waals surface area contributed by atoms with Crippen LogP contribution in [0, 0.1) is 10.1 Å². The van der Waals surface area contributed by atoms with E-state index in [1.54, 1.807) is 6.92 Å². The lowest BCUT2D eigenvalue weighted by Crippen LogP contribution is -2.41. The van der Waals surface area contributed by atoms with Crippen LogP contribution in [0.1, 0.15) is 29.5 Å². The fraction of sp³-hybridized carbons (Fsp3) is 0.600. The number of amides is 1. The smallest absolute Gasteiger partial charge is 0.322 e. The zero-order valence-electron chi connectivity index (χ0n) is 10.8. The van der Waals surface area contributed by atoms with Gasteiger partial charge in [-0.3, -0.25) is 20.0 Å². The molecule has 0 aliphatic carbocycles. The Labute approximate surface area is 112 Å². The van der Waals surface area contributed by atoms with Crippen LogP contribution < -0.4 is 11.1 Å². The maximum Gasteiger partial charge on any atom is 0.322 e. The molecular weight excluding hydrogens is 276 g/mol. The maximum absolute atomic E-state index is 12.9. The largest absolute Gasteiger partial charge is 0.344 e. The summed E-state index contributed by atoms with van der Waals surface area (Å²) in [7, 11) is 0. The Morgan fingerprint density at radius 3 is 2.75 bits per heavy atom. The molecule has 4 N–H and O–H groups in total. The lowest BCUT2D eigenvalue weighted by molar-refractivity contribution is -0.385. The molecule has 0 unspecified atom stereocenters. The Morgan fingerprint density at radius 2 is 2.25 bits per heavy atom. The standard InChI is InChI=1S/C10H15F2N5O3/c1-2-3-6-8(17(19)20)7(16-15-6)9(18)14-5-10(11,12)4-13/h2-5,13H2,1H3,(H,14,18)(H,15,16). The third-order valence-electron chi connectivity index (χ3n) is 2.52. The topological polar surface area (TPSA) is 127 Å². The highest BCUT2D eigenvalue weighted by Gasteiger charge is 2.32.